The van der Waals surface area contributed by atoms with Crippen molar-refractivity contribution in [3.8, 4) is 0 Å². The van der Waals surface area contributed by atoms with Crippen molar-refractivity contribution < 1.29 is 4.74 Å². The lowest BCUT2D eigenvalue weighted by molar-refractivity contribution is 0.338. The van der Waals surface area contributed by atoms with Gasteiger partial charge in [0.15, 0.2) is 0 Å². The Kier molecular flexibility index (Phi) is 10.4. The number of hydrogen-bond acceptors (Lipinski definition) is 1. The highest BCUT2D eigenvalue weighted by Crippen LogP contribution is 2.32. The first-order valence-corrected chi connectivity index (χ1v) is 9.43. The van der Waals surface area contributed by atoms with Gasteiger partial charge in [-0.1, -0.05) is 85.0 Å². The summed E-state index contributed by atoms with van der Waals surface area (Å²) in [4.78, 5) is 0. The van der Waals surface area contributed by atoms with Crippen LogP contribution in [0.3, 0.4) is 0 Å². The molecule has 20 heavy (non-hydrogen) atoms. The third kappa shape index (κ3) is 9.00. The molecule has 1 saturated heterocycles. The lowest BCUT2D eigenvalue weighted by atomic mass is 9.98. The molecular formula is C19H38O. The van der Waals surface area contributed by atoms with Gasteiger partial charge >= 0.3 is 0 Å². The maximum atomic E-state index is 5.81. The van der Waals surface area contributed by atoms with E-state index in [1.165, 1.54) is 83.5 Å². The summed E-state index contributed by atoms with van der Waals surface area (Å²) in [6, 6.07) is 0. The monoisotopic (exact) mass is 282 g/mol. The zero-order valence-corrected chi connectivity index (χ0v) is 14.3. The van der Waals surface area contributed by atoms with Crippen molar-refractivity contribution in [2.45, 2.75) is 116 Å². The molecule has 1 heteroatoms. The molecule has 0 amide bonds. The van der Waals surface area contributed by atoms with Gasteiger partial charge < -0.3 is 4.74 Å². The molecule has 0 bridgehead atoms. The minimum Gasteiger partial charge on any atom is -0.370 e. The minimum absolute atomic E-state index is 0.624. The molecule has 0 aromatic carbocycles. The van der Waals surface area contributed by atoms with Gasteiger partial charge in [-0.15, -0.1) is 0 Å². The van der Waals surface area contributed by atoms with E-state index in [9.17, 15) is 0 Å². The summed E-state index contributed by atoms with van der Waals surface area (Å²) in [7, 11) is 0. The number of rotatable bonds is 14. The van der Waals surface area contributed by atoms with Gasteiger partial charge in [0.1, 0.15) is 0 Å². The van der Waals surface area contributed by atoms with E-state index in [-0.39, 0.29) is 0 Å². The van der Waals surface area contributed by atoms with E-state index < -0.39 is 0 Å². The van der Waals surface area contributed by atoms with Crippen LogP contribution in [0.25, 0.3) is 0 Å². The molecule has 1 nitrogen and oxygen atoms in total. The average molecular weight is 283 g/mol. The summed E-state index contributed by atoms with van der Waals surface area (Å²) >= 11 is 0. The number of unbranched alkanes of at least 4 members (excludes halogenated alkanes) is 7. The summed E-state index contributed by atoms with van der Waals surface area (Å²) in [6.07, 6.45) is 19.3. The van der Waals surface area contributed by atoms with E-state index in [2.05, 4.69) is 20.8 Å². The highest BCUT2D eigenvalue weighted by molar-refractivity contribution is 4.84. The number of hydrogen-bond donors (Lipinski definition) is 0. The molecule has 1 fully saturated rings. The molecule has 1 aliphatic heterocycles. The maximum Gasteiger partial charge on any atom is 0.0842 e. The minimum atomic E-state index is 0.624. The average Bonchev–Trinajstić information content (AvgIpc) is 3.18. The summed E-state index contributed by atoms with van der Waals surface area (Å²) in [5.74, 6) is 0.896. The van der Waals surface area contributed by atoms with E-state index >= 15 is 0 Å². The number of ether oxygens (including phenoxy) is 1. The maximum absolute atomic E-state index is 5.81. The number of epoxide rings is 1. The smallest absolute Gasteiger partial charge is 0.0842 e. The summed E-state index contributed by atoms with van der Waals surface area (Å²) in [6.45, 7) is 6.96. The molecule has 0 aromatic rings. The van der Waals surface area contributed by atoms with Gasteiger partial charge in [0.25, 0.3) is 0 Å². The first-order chi connectivity index (χ1) is 9.77. The molecular weight excluding hydrogens is 244 g/mol. The Morgan fingerprint density at radius 3 is 1.95 bits per heavy atom. The van der Waals surface area contributed by atoms with E-state index in [1.807, 2.05) is 0 Å². The van der Waals surface area contributed by atoms with Crippen LogP contribution in [-0.4, -0.2) is 12.2 Å². The SMILES string of the molecule is CCCCCCCCCCC1OC1CCC(C)CCC. The highest BCUT2D eigenvalue weighted by Gasteiger charge is 2.37. The van der Waals surface area contributed by atoms with E-state index in [1.54, 1.807) is 0 Å². The molecule has 0 aliphatic carbocycles. The molecule has 3 unspecified atom stereocenters. The van der Waals surface area contributed by atoms with Gasteiger partial charge in [-0.2, -0.15) is 0 Å². The van der Waals surface area contributed by atoms with Crippen molar-refractivity contribution in [1.29, 1.82) is 0 Å². The van der Waals surface area contributed by atoms with E-state index in [0.29, 0.717) is 12.2 Å². The lowest BCUT2D eigenvalue weighted by Gasteiger charge is -2.07. The second kappa shape index (κ2) is 11.6. The lowest BCUT2D eigenvalue weighted by Crippen LogP contribution is -1.99. The Morgan fingerprint density at radius 2 is 1.30 bits per heavy atom. The molecule has 3 atom stereocenters. The van der Waals surface area contributed by atoms with E-state index in [0.717, 1.165) is 5.92 Å². The normalized spacial score (nSPS) is 22.9. The molecule has 120 valence electrons. The molecule has 0 aromatic heterocycles. The van der Waals surface area contributed by atoms with Gasteiger partial charge in [0, 0.05) is 0 Å². The fraction of sp³-hybridized carbons (Fsp3) is 1.00. The zero-order valence-electron chi connectivity index (χ0n) is 14.3. The Hall–Kier alpha value is -0.0400. The quantitative estimate of drug-likeness (QED) is 0.261. The van der Waals surface area contributed by atoms with Crippen LogP contribution in [0.1, 0.15) is 104 Å². The van der Waals surface area contributed by atoms with Crippen LogP contribution in [0.15, 0.2) is 0 Å². The van der Waals surface area contributed by atoms with E-state index in [4.69, 9.17) is 4.74 Å². The molecule has 1 heterocycles. The van der Waals surface area contributed by atoms with Crippen LogP contribution in [0.5, 0.6) is 0 Å². The van der Waals surface area contributed by atoms with Gasteiger partial charge in [-0.3, -0.25) is 0 Å². The topological polar surface area (TPSA) is 12.5 Å². The molecule has 0 radical (unpaired) electrons. The largest absolute Gasteiger partial charge is 0.370 e. The van der Waals surface area contributed by atoms with Crippen LogP contribution in [0.2, 0.25) is 0 Å². The van der Waals surface area contributed by atoms with Crippen molar-refractivity contribution in [3.05, 3.63) is 0 Å². The summed E-state index contributed by atoms with van der Waals surface area (Å²) < 4.78 is 5.81. The first kappa shape index (κ1) is 18.0. The fourth-order valence-electron chi connectivity index (χ4n) is 3.25. The second-order valence-corrected chi connectivity index (χ2v) is 6.95. The molecule has 0 saturated carbocycles. The van der Waals surface area contributed by atoms with Crippen molar-refractivity contribution in [2.24, 2.45) is 5.92 Å². The second-order valence-electron chi connectivity index (χ2n) is 6.95. The van der Waals surface area contributed by atoms with Crippen molar-refractivity contribution in [1.82, 2.24) is 0 Å². The van der Waals surface area contributed by atoms with Crippen molar-refractivity contribution in [3.63, 3.8) is 0 Å². The third-order valence-corrected chi connectivity index (χ3v) is 4.76. The van der Waals surface area contributed by atoms with Gasteiger partial charge in [-0.25, -0.2) is 0 Å². The predicted molar refractivity (Wildman–Crippen MR) is 89.2 cm³/mol. The Bertz CT molecular complexity index is 214. The van der Waals surface area contributed by atoms with Crippen LogP contribution in [0.4, 0.5) is 0 Å². The molecule has 0 N–H and O–H groups in total. The highest BCUT2D eigenvalue weighted by atomic mass is 16.6. The Balaban J connectivity index is 1.81. The predicted octanol–water partition coefficient (Wildman–Crippen LogP) is 6.50. The summed E-state index contributed by atoms with van der Waals surface area (Å²) in [5.41, 5.74) is 0. The van der Waals surface area contributed by atoms with Gasteiger partial charge in [0.2, 0.25) is 0 Å². The van der Waals surface area contributed by atoms with Crippen LogP contribution < -0.4 is 0 Å². The van der Waals surface area contributed by atoms with Crippen LogP contribution >= 0.6 is 0 Å². The standard InChI is InChI=1S/C19H38O/c1-4-6-7-8-9-10-11-12-14-18-19(20-18)16-15-17(3)13-5-2/h17-19H,4-16H2,1-3H3. The van der Waals surface area contributed by atoms with Gasteiger partial charge in [0.05, 0.1) is 12.2 Å². The molecule has 1 aliphatic rings. The molecule has 0 spiro atoms. The Labute approximate surface area is 127 Å². The zero-order chi connectivity index (χ0) is 14.6. The van der Waals surface area contributed by atoms with Gasteiger partial charge in [-0.05, 0) is 25.2 Å². The summed E-state index contributed by atoms with van der Waals surface area (Å²) in [5, 5.41) is 0. The first-order valence-electron chi connectivity index (χ1n) is 9.43. The molecule has 1 rings (SSSR count). The fourth-order valence-corrected chi connectivity index (χ4v) is 3.25. The van der Waals surface area contributed by atoms with Crippen LogP contribution in [-0.2, 0) is 4.74 Å². The van der Waals surface area contributed by atoms with Crippen LogP contribution in [0, 0.1) is 5.92 Å². The third-order valence-electron chi connectivity index (χ3n) is 4.76. The van der Waals surface area contributed by atoms with Crippen molar-refractivity contribution in [2.75, 3.05) is 0 Å². The van der Waals surface area contributed by atoms with Crippen molar-refractivity contribution >= 4 is 0 Å². The Morgan fingerprint density at radius 1 is 0.700 bits per heavy atom.